The molecule has 1 atom stereocenters. The number of amides is 1. The molecule has 11 heteroatoms. The monoisotopic (exact) mass is 457 g/mol. The van der Waals surface area contributed by atoms with Gasteiger partial charge in [0.25, 0.3) is 5.56 Å². The predicted octanol–water partition coefficient (Wildman–Crippen LogP) is 2.14. The fraction of sp³-hybridized carbons (Fsp3) is 0.333. The first kappa shape index (κ1) is 20.6. The van der Waals surface area contributed by atoms with E-state index in [2.05, 4.69) is 10.4 Å². The van der Waals surface area contributed by atoms with E-state index in [-0.39, 0.29) is 36.2 Å². The molecule has 0 unspecified atom stereocenters. The van der Waals surface area contributed by atoms with Crippen LogP contribution in [0.4, 0.5) is 10.1 Å². The molecular formula is C21H20FN5O4S. The Balaban J connectivity index is 1.53. The third-order valence-electron chi connectivity index (χ3n) is 5.55. The predicted molar refractivity (Wildman–Crippen MR) is 118 cm³/mol. The van der Waals surface area contributed by atoms with Crippen molar-refractivity contribution in [2.75, 3.05) is 11.9 Å². The van der Waals surface area contributed by atoms with Crippen molar-refractivity contribution in [2.45, 2.75) is 39.0 Å². The lowest BCUT2D eigenvalue weighted by Gasteiger charge is -2.12. The second-order valence-corrected chi connectivity index (χ2v) is 8.69. The number of ether oxygens (including phenoxy) is 1. The van der Waals surface area contributed by atoms with E-state index in [9.17, 15) is 18.8 Å². The van der Waals surface area contributed by atoms with Gasteiger partial charge >= 0.3 is 5.69 Å². The van der Waals surface area contributed by atoms with Gasteiger partial charge in [-0.25, -0.2) is 18.3 Å². The molecule has 166 valence electrons. The fourth-order valence-corrected chi connectivity index (χ4v) is 4.72. The van der Waals surface area contributed by atoms with Gasteiger partial charge in [0.15, 0.2) is 0 Å². The molecule has 32 heavy (non-hydrogen) atoms. The molecule has 1 fully saturated rings. The average molecular weight is 457 g/mol. The number of anilines is 1. The molecule has 0 radical (unpaired) electrons. The molecule has 0 saturated carbocycles. The van der Waals surface area contributed by atoms with Crippen LogP contribution in [0.5, 0.6) is 0 Å². The number of carbonyl (C=O) groups excluding carboxylic acids is 1. The summed E-state index contributed by atoms with van der Waals surface area (Å²) in [6.07, 6.45) is 1.60. The van der Waals surface area contributed by atoms with Gasteiger partial charge in [-0.3, -0.25) is 14.2 Å². The molecule has 0 spiro atoms. The van der Waals surface area contributed by atoms with Crippen LogP contribution in [0.1, 0.15) is 18.4 Å². The number of fused-ring (bicyclic) bond motifs is 3. The Morgan fingerprint density at radius 2 is 2.19 bits per heavy atom. The molecule has 1 aliphatic heterocycles. The van der Waals surface area contributed by atoms with Gasteiger partial charge in [0, 0.05) is 12.3 Å². The second-order valence-electron chi connectivity index (χ2n) is 7.77. The first-order valence-corrected chi connectivity index (χ1v) is 11.1. The highest BCUT2D eigenvalue weighted by Gasteiger charge is 2.23. The largest absolute Gasteiger partial charge is 0.376 e. The zero-order valence-electron chi connectivity index (χ0n) is 17.2. The van der Waals surface area contributed by atoms with Crippen molar-refractivity contribution in [3.8, 4) is 0 Å². The zero-order valence-corrected chi connectivity index (χ0v) is 18.0. The number of aryl methyl sites for hydroxylation is 1. The van der Waals surface area contributed by atoms with Crippen LogP contribution in [0.3, 0.4) is 0 Å². The lowest BCUT2D eigenvalue weighted by molar-refractivity contribution is -0.117. The molecular weight excluding hydrogens is 437 g/mol. The Morgan fingerprint density at radius 3 is 2.94 bits per heavy atom. The Labute approximate surface area is 184 Å². The molecule has 9 nitrogen and oxygen atoms in total. The number of hydrogen-bond acceptors (Lipinski definition) is 6. The van der Waals surface area contributed by atoms with Crippen LogP contribution in [-0.2, 0) is 22.6 Å². The number of benzene rings is 1. The quantitative estimate of drug-likeness (QED) is 0.495. The fourth-order valence-electron chi connectivity index (χ4n) is 3.90. The lowest BCUT2D eigenvalue weighted by Crippen LogP contribution is -2.30. The molecule has 1 saturated heterocycles. The Hall–Kier alpha value is -3.31. The summed E-state index contributed by atoms with van der Waals surface area (Å²) < 4.78 is 23.7. The molecule has 1 aliphatic rings. The number of nitrogens with one attached hydrogen (secondary N) is 1. The van der Waals surface area contributed by atoms with Gasteiger partial charge < -0.3 is 10.1 Å². The Kier molecular flexibility index (Phi) is 5.14. The first-order chi connectivity index (χ1) is 15.4. The second kappa shape index (κ2) is 7.99. The maximum absolute atomic E-state index is 13.8. The maximum atomic E-state index is 13.8. The molecule has 5 rings (SSSR count). The van der Waals surface area contributed by atoms with E-state index in [0.29, 0.717) is 22.4 Å². The summed E-state index contributed by atoms with van der Waals surface area (Å²) in [5.74, 6) is -0.811. The molecule has 0 aliphatic carbocycles. The summed E-state index contributed by atoms with van der Waals surface area (Å²) in [5.41, 5.74) is 0.425. The number of aromatic nitrogens is 4. The van der Waals surface area contributed by atoms with Gasteiger partial charge in [-0.15, -0.1) is 16.4 Å². The normalized spacial score (nSPS) is 16.2. The smallest absolute Gasteiger partial charge is 0.352 e. The maximum Gasteiger partial charge on any atom is 0.352 e. The van der Waals surface area contributed by atoms with Crippen LogP contribution >= 0.6 is 11.3 Å². The topological polar surface area (TPSA) is 99.6 Å². The number of carbonyl (C=O) groups is 1. The van der Waals surface area contributed by atoms with Gasteiger partial charge in [0.2, 0.25) is 11.7 Å². The standard InChI is InChI=1S/C21H20FN5O4S/c1-12-4-5-13(9-15(12)22)23-17(28)11-26-21(30)27-16-6-8-32-18(16)19(29)25(20(27)24-26)10-14-3-2-7-31-14/h4-6,8-9,14H,2-3,7,10-11H2,1H3,(H,23,28)/t14-/m1/s1. The third-order valence-corrected chi connectivity index (χ3v) is 6.44. The van der Waals surface area contributed by atoms with E-state index < -0.39 is 17.4 Å². The Bertz CT molecular complexity index is 1460. The van der Waals surface area contributed by atoms with E-state index in [0.717, 1.165) is 17.5 Å². The minimum Gasteiger partial charge on any atom is -0.376 e. The third kappa shape index (κ3) is 3.53. The van der Waals surface area contributed by atoms with Crippen molar-refractivity contribution in [3.05, 3.63) is 61.9 Å². The molecule has 4 heterocycles. The van der Waals surface area contributed by atoms with Crippen LogP contribution in [0.25, 0.3) is 16.0 Å². The van der Waals surface area contributed by atoms with Gasteiger partial charge in [0.05, 0.1) is 18.2 Å². The molecule has 4 aromatic rings. The summed E-state index contributed by atoms with van der Waals surface area (Å²) in [6.45, 7) is 2.16. The number of rotatable bonds is 5. The van der Waals surface area contributed by atoms with Crippen molar-refractivity contribution in [3.63, 3.8) is 0 Å². The van der Waals surface area contributed by atoms with Crippen LogP contribution in [-0.4, -0.2) is 37.4 Å². The minimum atomic E-state index is -0.534. The van der Waals surface area contributed by atoms with E-state index in [1.54, 1.807) is 30.5 Å². The summed E-state index contributed by atoms with van der Waals surface area (Å²) in [7, 11) is 0. The summed E-state index contributed by atoms with van der Waals surface area (Å²) in [5, 5.41) is 8.62. The number of nitrogens with zero attached hydrogens (tertiary/aromatic N) is 4. The first-order valence-electron chi connectivity index (χ1n) is 10.2. The SMILES string of the molecule is Cc1ccc(NC(=O)Cn2nc3n(C[C@H]4CCCO4)c(=O)c4sccc4n3c2=O)cc1F. The van der Waals surface area contributed by atoms with Crippen molar-refractivity contribution in [1.29, 1.82) is 0 Å². The van der Waals surface area contributed by atoms with Gasteiger partial charge in [-0.05, 0) is 48.9 Å². The van der Waals surface area contributed by atoms with Crippen molar-refractivity contribution < 1.29 is 13.9 Å². The Morgan fingerprint density at radius 1 is 1.34 bits per heavy atom. The highest BCUT2D eigenvalue weighted by atomic mass is 32.1. The number of halogens is 1. The highest BCUT2D eigenvalue weighted by molar-refractivity contribution is 7.17. The van der Waals surface area contributed by atoms with Crippen molar-refractivity contribution in [2.24, 2.45) is 0 Å². The zero-order chi connectivity index (χ0) is 22.4. The number of hydrogen-bond donors (Lipinski definition) is 1. The van der Waals surface area contributed by atoms with Crippen LogP contribution in [0, 0.1) is 12.7 Å². The summed E-state index contributed by atoms with van der Waals surface area (Å²) in [6, 6.07) is 6.04. The average Bonchev–Trinajstić information content (AvgIpc) is 3.49. The van der Waals surface area contributed by atoms with Gasteiger partial charge in [-0.1, -0.05) is 6.07 Å². The van der Waals surface area contributed by atoms with E-state index in [4.69, 9.17) is 4.74 Å². The lowest BCUT2D eigenvalue weighted by atomic mass is 10.2. The van der Waals surface area contributed by atoms with Gasteiger partial charge in [-0.2, -0.15) is 0 Å². The number of thiophene rings is 1. The minimum absolute atomic E-state index is 0.131. The molecule has 1 N–H and O–H groups in total. The highest BCUT2D eigenvalue weighted by Crippen LogP contribution is 2.19. The van der Waals surface area contributed by atoms with Gasteiger partial charge in [0.1, 0.15) is 17.1 Å². The van der Waals surface area contributed by atoms with Crippen molar-refractivity contribution >= 4 is 38.9 Å². The summed E-state index contributed by atoms with van der Waals surface area (Å²) >= 11 is 1.25. The molecule has 1 amide bonds. The molecule has 1 aromatic carbocycles. The molecule has 3 aromatic heterocycles. The van der Waals surface area contributed by atoms with Crippen LogP contribution < -0.4 is 16.6 Å². The van der Waals surface area contributed by atoms with E-state index in [1.165, 1.54) is 26.4 Å². The van der Waals surface area contributed by atoms with Crippen molar-refractivity contribution in [1.82, 2.24) is 18.7 Å². The van der Waals surface area contributed by atoms with E-state index >= 15 is 0 Å². The molecule has 0 bridgehead atoms. The van der Waals surface area contributed by atoms with E-state index in [1.807, 2.05) is 0 Å². The van der Waals surface area contributed by atoms with Crippen LogP contribution in [0.2, 0.25) is 0 Å². The summed E-state index contributed by atoms with van der Waals surface area (Å²) in [4.78, 5) is 38.7. The van der Waals surface area contributed by atoms with Crippen LogP contribution in [0.15, 0.2) is 39.2 Å².